The van der Waals surface area contributed by atoms with Gasteiger partial charge in [-0.05, 0) is 0 Å². The van der Waals surface area contributed by atoms with Crippen molar-refractivity contribution < 1.29 is 13.2 Å². The van der Waals surface area contributed by atoms with Gasteiger partial charge in [0.2, 0.25) is 10.0 Å². The van der Waals surface area contributed by atoms with Crippen LogP contribution in [0.3, 0.4) is 0 Å². The first kappa shape index (κ1) is 12.6. The highest BCUT2D eigenvalue weighted by atomic mass is 79.9. The molecule has 0 saturated carbocycles. The van der Waals surface area contributed by atoms with Crippen LogP contribution in [0.15, 0.2) is 17.3 Å². The molecule has 0 aromatic carbocycles. The van der Waals surface area contributed by atoms with E-state index in [1.807, 2.05) is 0 Å². The zero-order valence-electron chi connectivity index (χ0n) is 8.10. The lowest BCUT2D eigenvalue weighted by molar-refractivity contribution is 0.182. The summed E-state index contributed by atoms with van der Waals surface area (Å²) in [5, 5.41) is 6.51. The summed E-state index contributed by atoms with van der Waals surface area (Å²) in [5.74, 6) is 0. The van der Waals surface area contributed by atoms with Crippen molar-refractivity contribution in [3.8, 4) is 0 Å². The highest BCUT2D eigenvalue weighted by Gasteiger charge is 2.19. The third kappa shape index (κ3) is 3.56. The summed E-state index contributed by atoms with van der Waals surface area (Å²) < 4.78 is 30.7. The zero-order valence-corrected chi connectivity index (χ0v) is 10.5. The third-order valence-electron chi connectivity index (χ3n) is 1.66. The molecule has 6 nitrogen and oxygen atoms in total. The van der Waals surface area contributed by atoms with E-state index < -0.39 is 10.0 Å². The summed E-state index contributed by atoms with van der Waals surface area (Å²) in [6.07, 6.45) is 2.57. The predicted octanol–water partition coefficient (Wildman–Crippen LogP) is 0.0979. The Balaban J connectivity index is 2.72. The summed E-state index contributed by atoms with van der Waals surface area (Å²) in [4.78, 5) is 0.115. The number of aromatic amines is 1. The van der Waals surface area contributed by atoms with Crippen LogP contribution in [0.5, 0.6) is 0 Å². The molecule has 1 aromatic rings. The van der Waals surface area contributed by atoms with E-state index in [2.05, 4.69) is 30.8 Å². The van der Waals surface area contributed by atoms with Crippen molar-refractivity contribution in [3.05, 3.63) is 12.4 Å². The average molecular weight is 298 g/mol. The second-order valence-electron chi connectivity index (χ2n) is 2.86. The number of methoxy groups -OCH3 is 1. The van der Waals surface area contributed by atoms with Crippen molar-refractivity contribution in [2.75, 3.05) is 19.0 Å². The number of rotatable bonds is 6. The van der Waals surface area contributed by atoms with Crippen LogP contribution in [-0.4, -0.2) is 43.7 Å². The molecule has 0 fully saturated rings. The molecule has 0 aliphatic rings. The molecular formula is C7H12BrN3O3S. The maximum atomic E-state index is 11.7. The van der Waals surface area contributed by atoms with Crippen LogP contribution < -0.4 is 4.72 Å². The van der Waals surface area contributed by atoms with Crippen LogP contribution in [0.1, 0.15) is 0 Å². The Kier molecular flexibility index (Phi) is 4.71. The van der Waals surface area contributed by atoms with Crippen LogP contribution in [0.25, 0.3) is 0 Å². The molecule has 1 rings (SSSR count). The van der Waals surface area contributed by atoms with Gasteiger partial charge in [0, 0.05) is 18.6 Å². The Morgan fingerprint density at radius 1 is 1.73 bits per heavy atom. The lowest BCUT2D eigenvalue weighted by Crippen LogP contribution is -2.39. The van der Waals surface area contributed by atoms with Crippen molar-refractivity contribution in [2.45, 2.75) is 10.9 Å². The Morgan fingerprint density at radius 2 is 2.47 bits per heavy atom. The van der Waals surface area contributed by atoms with E-state index in [4.69, 9.17) is 4.74 Å². The minimum absolute atomic E-state index is 0.115. The number of aromatic nitrogens is 2. The molecule has 1 atom stereocenters. The van der Waals surface area contributed by atoms with Crippen LogP contribution in [0.4, 0.5) is 0 Å². The quantitative estimate of drug-likeness (QED) is 0.730. The molecule has 86 valence electrons. The molecule has 8 heteroatoms. The number of hydrogen-bond acceptors (Lipinski definition) is 4. The van der Waals surface area contributed by atoms with Gasteiger partial charge in [-0.25, -0.2) is 13.1 Å². The van der Waals surface area contributed by atoms with Crippen molar-refractivity contribution in [2.24, 2.45) is 0 Å². The van der Waals surface area contributed by atoms with Crippen molar-refractivity contribution in [3.63, 3.8) is 0 Å². The molecule has 0 aliphatic carbocycles. The fourth-order valence-electron chi connectivity index (χ4n) is 0.985. The Labute approximate surface area is 96.6 Å². The van der Waals surface area contributed by atoms with Gasteiger partial charge in [-0.2, -0.15) is 5.10 Å². The molecule has 2 N–H and O–H groups in total. The first-order valence-corrected chi connectivity index (χ1v) is 6.76. The monoisotopic (exact) mass is 297 g/mol. The molecule has 0 amide bonds. The Hall–Kier alpha value is -0.440. The first-order valence-electron chi connectivity index (χ1n) is 4.16. The normalized spacial score (nSPS) is 14.0. The maximum Gasteiger partial charge on any atom is 0.244 e. The average Bonchev–Trinajstić information content (AvgIpc) is 2.70. The fraction of sp³-hybridized carbons (Fsp3) is 0.571. The topological polar surface area (TPSA) is 84.1 Å². The number of halogens is 1. The smallest absolute Gasteiger partial charge is 0.244 e. The molecule has 0 saturated heterocycles. The summed E-state index contributed by atoms with van der Waals surface area (Å²) in [5.41, 5.74) is 0. The predicted molar refractivity (Wildman–Crippen MR) is 58.4 cm³/mol. The lowest BCUT2D eigenvalue weighted by atomic mass is 10.4. The van der Waals surface area contributed by atoms with Gasteiger partial charge >= 0.3 is 0 Å². The van der Waals surface area contributed by atoms with Crippen LogP contribution in [0.2, 0.25) is 0 Å². The van der Waals surface area contributed by atoms with Crippen molar-refractivity contribution >= 4 is 26.0 Å². The van der Waals surface area contributed by atoms with Gasteiger partial charge in [-0.3, -0.25) is 5.10 Å². The molecular weight excluding hydrogens is 286 g/mol. The molecule has 0 bridgehead atoms. The minimum Gasteiger partial charge on any atom is -0.383 e. The number of nitrogens with zero attached hydrogens (tertiary/aromatic N) is 1. The summed E-state index contributed by atoms with van der Waals surface area (Å²) in [6, 6.07) is -0.296. The van der Waals surface area contributed by atoms with Crippen LogP contribution in [0, 0.1) is 0 Å². The highest BCUT2D eigenvalue weighted by Crippen LogP contribution is 2.06. The summed E-state index contributed by atoms with van der Waals surface area (Å²) in [6.45, 7) is 0.308. The number of H-pyrrole nitrogens is 1. The second kappa shape index (κ2) is 5.59. The van der Waals surface area contributed by atoms with Gasteiger partial charge < -0.3 is 4.74 Å². The van der Waals surface area contributed by atoms with E-state index in [-0.39, 0.29) is 10.9 Å². The number of alkyl halides is 1. The molecule has 1 unspecified atom stereocenters. The standard InChI is InChI=1S/C7H12BrN3O3S/c1-14-5-6(2-8)11-15(12,13)7-3-9-10-4-7/h3-4,6,11H,2,5H2,1H3,(H,9,10). The summed E-state index contributed by atoms with van der Waals surface area (Å²) in [7, 11) is -1.99. The van der Waals surface area contributed by atoms with Crippen LogP contribution in [-0.2, 0) is 14.8 Å². The molecule has 1 heterocycles. The molecule has 0 aliphatic heterocycles. The molecule has 1 aromatic heterocycles. The molecule has 0 radical (unpaired) electrons. The van der Waals surface area contributed by atoms with E-state index in [0.717, 1.165) is 0 Å². The van der Waals surface area contributed by atoms with Gasteiger partial charge in [-0.1, -0.05) is 15.9 Å². The molecule has 15 heavy (non-hydrogen) atoms. The summed E-state index contributed by atoms with van der Waals surface area (Å²) >= 11 is 3.20. The zero-order chi connectivity index (χ0) is 11.3. The van der Waals surface area contributed by atoms with Crippen molar-refractivity contribution in [1.82, 2.24) is 14.9 Å². The number of sulfonamides is 1. The number of ether oxygens (including phenoxy) is 1. The highest BCUT2D eigenvalue weighted by molar-refractivity contribution is 9.09. The van der Waals surface area contributed by atoms with E-state index in [1.165, 1.54) is 19.5 Å². The van der Waals surface area contributed by atoms with Gasteiger partial charge in [0.15, 0.2) is 0 Å². The fourth-order valence-corrected chi connectivity index (χ4v) is 2.67. The Bertz CT molecular complexity index is 378. The van der Waals surface area contributed by atoms with E-state index >= 15 is 0 Å². The van der Waals surface area contributed by atoms with Crippen molar-refractivity contribution in [1.29, 1.82) is 0 Å². The van der Waals surface area contributed by atoms with Gasteiger partial charge in [0.1, 0.15) is 4.90 Å². The van der Waals surface area contributed by atoms with E-state index in [9.17, 15) is 8.42 Å². The third-order valence-corrected chi connectivity index (χ3v) is 3.93. The second-order valence-corrected chi connectivity index (χ2v) is 5.22. The largest absolute Gasteiger partial charge is 0.383 e. The van der Waals surface area contributed by atoms with Gasteiger partial charge in [0.25, 0.3) is 0 Å². The van der Waals surface area contributed by atoms with Crippen LogP contribution >= 0.6 is 15.9 Å². The Morgan fingerprint density at radius 3 is 2.93 bits per heavy atom. The first-order chi connectivity index (χ1) is 7.10. The maximum absolute atomic E-state index is 11.7. The number of nitrogens with one attached hydrogen (secondary N) is 2. The lowest BCUT2D eigenvalue weighted by Gasteiger charge is -2.14. The minimum atomic E-state index is -3.50. The van der Waals surface area contributed by atoms with E-state index in [1.54, 1.807) is 0 Å². The number of hydrogen-bond donors (Lipinski definition) is 2. The SMILES string of the molecule is COCC(CBr)NS(=O)(=O)c1cn[nH]c1. The molecule has 0 spiro atoms. The van der Waals surface area contributed by atoms with Gasteiger partial charge in [0.05, 0.1) is 18.8 Å². The van der Waals surface area contributed by atoms with Gasteiger partial charge in [-0.15, -0.1) is 0 Å². The van der Waals surface area contributed by atoms with E-state index in [0.29, 0.717) is 11.9 Å².